The molecule has 3 heterocycles. The van der Waals surface area contributed by atoms with Gasteiger partial charge in [-0.3, -0.25) is 0 Å². The van der Waals surface area contributed by atoms with Crippen molar-refractivity contribution in [3.8, 4) is 16.8 Å². The first-order valence-electron chi connectivity index (χ1n) is 14.4. The van der Waals surface area contributed by atoms with Crippen LogP contribution in [0.15, 0.2) is 84.9 Å². The van der Waals surface area contributed by atoms with Gasteiger partial charge in [-0.15, -0.1) is 0 Å². The molecule has 39 heavy (non-hydrogen) atoms. The third kappa shape index (κ3) is 2.48. The second-order valence-electron chi connectivity index (χ2n) is 12.9. The van der Waals surface area contributed by atoms with Gasteiger partial charge in [-0.1, -0.05) is 101 Å². The number of rotatable bonds is 1. The van der Waals surface area contributed by atoms with Crippen LogP contribution in [0.1, 0.15) is 57.2 Å². The number of hydrogen-bond acceptors (Lipinski definition) is 0. The highest BCUT2D eigenvalue weighted by molar-refractivity contribution is 6.14. The zero-order valence-electron chi connectivity index (χ0n) is 23.0. The molecular formula is C38H31N. The van der Waals surface area contributed by atoms with Crippen LogP contribution in [0.2, 0.25) is 0 Å². The van der Waals surface area contributed by atoms with Crippen molar-refractivity contribution in [2.75, 3.05) is 0 Å². The fourth-order valence-corrected chi connectivity index (χ4v) is 8.30. The molecule has 5 aromatic carbocycles. The van der Waals surface area contributed by atoms with E-state index >= 15 is 0 Å². The highest BCUT2D eigenvalue weighted by atomic mass is 15.0. The molecule has 1 heteroatoms. The maximum absolute atomic E-state index is 2.66. The number of hydrogen-bond donors (Lipinski definition) is 0. The van der Waals surface area contributed by atoms with E-state index < -0.39 is 0 Å². The maximum Gasteiger partial charge on any atom is 0.0582 e. The fraction of sp³-hybridized carbons (Fsp3) is 0.211. The van der Waals surface area contributed by atoms with Gasteiger partial charge in [0.25, 0.3) is 0 Å². The van der Waals surface area contributed by atoms with Crippen LogP contribution in [0, 0.1) is 0 Å². The van der Waals surface area contributed by atoms with Gasteiger partial charge in [0.15, 0.2) is 0 Å². The van der Waals surface area contributed by atoms with Gasteiger partial charge in [-0.25, -0.2) is 0 Å². The summed E-state index contributed by atoms with van der Waals surface area (Å²) in [7, 11) is 0. The molecule has 0 unspecified atom stereocenters. The van der Waals surface area contributed by atoms with Crippen LogP contribution in [0.5, 0.6) is 0 Å². The molecule has 0 bridgehead atoms. The van der Waals surface area contributed by atoms with Crippen molar-refractivity contribution in [2.45, 2.75) is 51.4 Å². The molecule has 3 aliphatic rings. The first-order chi connectivity index (χ1) is 18.9. The van der Waals surface area contributed by atoms with Gasteiger partial charge >= 0.3 is 0 Å². The zero-order chi connectivity index (χ0) is 26.3. The van der Waals surface area contributed by atoms with Crippen LogP contribution in [-0.2, 0) is 10.8 Å². The molecule has 1 nitrogen and oxygen atoms in total. The van der Waals surface area contributed by atoms with Gasteiger partial charge in [0.1, 0.15) is 0 Å². The summed E-state index contributed by atoms with van der Waals surface area (Å²) in [6.07, 6.45) is 4.77. The molecular weight excluding hydrogens is 470 g/mol. The molecule has 0 atom stereocenters. The van der Waals surface area contributed by atoms with Crippen molar-refractivity contribution < 1.29 is 0 Å². The third-order valence-corrected chi connectivity index (χ3v) is 10.2. The summed E-state index contributed by atoms with van der Waals surface area (Å²) >= 11 is 0. The predicted octanol–water partition coefficient (Wildman–Crippen LogP) is 8.26. The highest BCUT2D eigenvalue weighted by Crippen LogP contribution is 2.51. The summed E-state index contributed by atoms with van der Waals surface area (Å²) < 4.78 is 2.66. The van der Waals surface area contributed by atoms with Crippen LogP contribution < -0.4 is 10.6 Å². The second kappa shape index (κ2) is 6.90. The molecule has 0 radical (unpaired) electrons. The van der Waals surface area contributed by atoms with Crippen molar-refractivity contribution in [3.63, 3.8) is 0 Å². The summed E-state index contributed by atoms with van der Waals surface area (Å²) in [5, 5.41) is 9.59. The lowest BCUT2D eigenvalue weighted by Crippen LogP contribution is -2.45. The van der Waals surface area contributed by atoms with Crippen LogP contribution in [0.25, 0.3) is 60.9 Å². The molecule has 2 aliphatic heterocycles. The number of benzene rings is 5. The SMILES string of the molecule is CC1(C)C2=c3c(c4cc(-c5c6ccccc6cc6ccccc56)cc5c4n3-c3c1cccc3C5(C)C)=CCC2. The van der Waals surface area contributed by atoms with Gasteiger partial charge in [0.2, 0.25) is 0 Å². The average Bonchev–Trinajstić information content (AvgIpc) is 3.28. The van der Waals surface area contributed by atoms with Crippen LogP contribution >= 0.6 is 0 Å². The van der Waals surface area contributed by atoms with Crippen molar-refractivity contribution in [2.24, 2.45) is 0 Å². The number of aromatic nitrogens is 1. The Morgan fingerprint density at radius 2 is 1.31 bits per heavy atom. The standard InChI is InChI=1S/C38H31N/c1-37(2)29-16-9-15-27-28-20-24(33-25-13-7-5-11-22(25)19-23-12-6-8-14-26(23)33)21-32-35(28)39(34(27)29)36-30(37)17-10-18-31(36)38(32,3)4/h5-8,10-15,17-21H,9,16H2,1-4H3. The van der Waals surface area contributed by atoms with E-state index in [1.807, 2.05) is 0 Å². The highest BCUT2D eigenvalue weighted by Gasteiger charge is 2.43. The first kappa shape index (κ1) is 21.8. The van der Waals surface area contributed by atoms with Gasteiger partial charge in [-0.2, -0.15) is 0 Å². The lowest BCUT2D eigenvalue weighted by atomic mass is 9.67. The van der Waals surface area contributed by atoms with E-state index in [1.165, 1.54) is 76.5 Å². The minimum Gasteiger partial charge on any atom is -0.308 e. The topological polar surface area (TPSA) is 4.93 Å². The molecule has 0 spiro atoms. The molecule has 1 aromatic heterocycles. The largest absolute Gasteiger partial charge is 0.308 e. The Labute approximate surface area is 228 Å². The Hall–Kier alpha value is -4.10. The van der Waals surface area contributed by atoms with E-state index in [4.69, 9.17) is 0 Å². The molecule has 0 fully saturated rings. The summed E-state index contributed by atoms with van der Waals surface area (Å²) in [6.45, 7) is 9.77. The minimum atomic E-state index is -0.107. The van der Waals surface area contributed by atoms with Gasteiger partial charge in [-0.05, 0) is 86.0 Å². The Kier molecular flexibility index (Phi) is 3.86. The van der Waals surface area contributed by atoms with Gasteiger partial charge < -0.3 is 4.57 Å². The molecule has 6 aromatic rings. The van der Waals surface area contributed by atoms with E-state index in [0.29, 0.717) is 0 Å². The Bertz CT molecular complexity index is 2160. The average molecular weight is 502 g/mol. The van der Waals surface area contributed by atoms with Crippen molar-refractivity contribution in [1.29, 1.82) is 0 Å². The quantitative estimate of drug-likeness (QED) is 0.200. The fourth-order valence-electron chi connectivity index (χ4n) is 8.30. The summed E-state index contributed by atoms with van der Waals surface area (Å²) in [5.41, 5.74) is 11.4. The normalized spacial score (nSPS) is 17.6. The lowest BCUT2D eigenvalue weighted by Gasteiger charge is -2.42. The van der Waals surface area contributed by atoms with Crippen LogP contribution in [-0.4, -0.2) is 4.57 Å². The van der Waals surface area contributed by atoms with Crippen LogP contribution in [0.4, 0.5) is 0 Å². The molecule has 0 saturated carbocycles. The number of nitrogens with zero attached hydrogens (tertiary/aromatic N) is 1. The van der Waals surface area contributed by atoms with E-state index in [9.17, 15) is 0 Å². The predicted molar refractivity (Wildman–Crippen MR) is 165 cm³/mol. The van der Waals surface area contributed by atoms with Crippen molar-refractivity contribution in [3.05, 3.63) is 112 Å². The van der Waals surface area contributed by atoms with E-state index in [0.717, 1.165) is 12.8 Å². The molecule has 188 valence electrons. The third-order valence-electron chi connectivity index (χ3n) is 10.2. The van der Waals surface area contributed by atoms with Crippen molar-refractivity contribution in [1.82, 2.24) is 4.57 Å². The molecule has 0 saturated heterocycles. The van der Waals surface area contributed by atoms with Crippen LogP contribution in [0.3, 0.4) is 0 Å². The number of fused-ring (bicyclic) bond motifs is 3. The van der Waals surface area contributed by atoms with Crippen molar-refractivity contribution >= 4 is 44.1 Å². The maximum atomic E-state index is 2.66. The second-order valence-corrected chi connectivity index (χ2v) is 12.9. The van der Waals surface area contributed by atoms with E-state index in [1.54, 1.807) is 5.57 Å². The molecule has 9 rings (SSSR count). The smallest absolute Gasteiger partial charge is 0.0582 e. The summed E-state index contributed by atoms with van der Waals surface area (Å²) in [4.78, 5) is 0. The summed E-state index contributed by atoms with van der Waals surface area (Å²) in [6, 6.07) is 32.3. The molecule has 0 N–H and O–H groups in total. The minimum absolute atomic E-state index is 0.0287. The Morgan fingerprint density at radius 1 is 0.641 bits per heavy atom. The van der Waals surface area contributed by atoms with E-state index in [2.05, 4.69) is 123 Å². The molecule has 1 aliphatic carbocycles. The summed E-state index contributed by atoms with van der Waals surface area (Å²) in [5.74, 6) is 0. The van der Waals surface area contributed by atoms with Gasteiger partial charge in [0.05, 0.1) is 16.6 Å². The van der Waals surface area contributed by atoms with Gasteiger partial charge in [0, 0.05) is 21.4 Å². The van der Waals surface area contributed by atoms with E-state index in [-0.39, 0.29) is 10.8 Å². The Morgan fingerprint density at radius 3 is 2.03 bits per heavy atom. The number of para-hydroxylation sites is 1. The zero-order valence-corrected chi connectivity index (χ0v) is 23.0. The monoisotopic (exact) mass is 501 g/mol. The lowest BCUT2D eigenvalue weighted by molar-refractivity contribution is 0.591. The Balaban J connectivity index is 1.54. The first-order valence-corrected chi connectivity index (χ1v) is 14.4. The molecule has 0 amide bonds.